The number of allylic oxidation sites excluding steroid dienone is 1. The zero-order valence-corrected chi connectivity index (χ0v) is 18.7. The average Bonchev–Trinajstić information content (AvgIpc) is 2.99. The maximum Gasteiger partial charge on any atom is 0.410 e. The normalized spacial score (nSPS) is 19.9. The van der Waals surface area contributed by atoms with Gasteiger partial charge < -0.3 is 14.7 Å². The summed E-state index contributed by atoms with van der Waals surface area (Å²) >= 11 is 5.82. The first kappa shape index (κ1) is 24.2. The Balaban J connectivity index is 2.14. The minimum Gasteiger partial charge on any atom is -0.481 e. The van der Waals surface area contributed by atoms with E-state index in [9.17, 15) is 18.0 Å². The summed E-state index contributed by atoms with van der Waals surface area (Å²) in [7, 11) is -3.79. The molecule has 1 aromatic rings. The Labute approximate surface area is 181 Å². The Hall–Kier alpha value is -2.10. The number of carbonyl (C=O) groups excluding carboxylic acids is 1. The second-order valence-electron chi connectivity index (χ2n) is 8.07. The number of ether oxygens (including phenoxy) is 1. The van der Waals surface area contributed by atoms with Crippen molar-refractivity contribution in [2.75, 3.05) is 6.54 Å². The van der Waals surface area contributed by atoms with Gasteiger partial charge >= 0.3 is 12.1 Å². The van der Waals surface area contributed by atoms with E-state index in [1.807, 2.05) is 0 Å². The van der Waals surface area contributed by atoms with Crippen LogP contribution in [0.3, 0.4) is 0 Å². The van der Waals surface area contributed by atoms with Gasteiger partial charge in [0, 0.05) is 24.0 Å². The molecule has 1 aliphatic rings. The van der Waals surface area contributed by atoms with E-state index in [2.05, 4.69) is 4.72 Å². The van der Waals surface area contributed by atoms with Crippen molar-refractivity contribution in [2.45, 2.75) is 62.6 Å². The van der Waals surface area contributed by atoms with Gasteiger partial charge in [-0.3, -0.25) is 4.79 Å². The number of hydrogen-bond acceptors (Lipinski definition) is 5. The summed E-state index contributed by atoms with van der Waals surface area (Å²) in [5.41, 5.74) is -0.699. The van der Waals surface area contributed by atoms with E-state index in [0.717, 1.165) is 0 Å². The van der Waals surface area contributed by atoms with Gasteiger partial charge in [0.05, 0.1) is 10.9 Å². The van der Waals surface area contributed by atoms with Crippen molar-refractivity contribution in [3.05, 3.63) is 41.4 Å². The fourth-order valence-electron chi connectivity index (χ4n) is 3.03. The molecule has 0 aliphatic carbocycles. The number of carboxylic acids is 1. The van der Waals surface area contributed by atoms with Crippen molar-refractivity contribution >= 4 is 33.7 Å². The molecule has 2 N–H and O–H groups in total. The minimum atomic E-state index is -3.79. The van der Waals surface area contributed by atoms with Crippen molar-refractivity contribution < 1.29 is 27.9 Å². The molecule has 2 rings (SSSR count). The van der Waals surface area contributed by atoms with Gasteiger partial charge in [-0.25, -0.2) is 17.9 Å². The smallest absolute Gasteiger partial charge is 0.410 e. The number of carboxylic acid groups (broad SMARTS) is 1. The number of amides is 1. The molecule has 0 radical (unpaired) electrons. The number of benzene rings is 1. The number of sulfonamides is 1. The van der Waals surface area contributed by atoms with Crippen molar-refractivity contribution in [1.29, 1.82) is 0 Å². The van der Waals surface area contributed by atoms with Crippen molar-refractivity contribution in [3.63, 3.8) is 0 Å². The Morgan fingerprint density at radius 1 is 1.30 bits per heavy atom. The molecule has 0 saturated carbocycles. The van der Waals surface area contributed by atoms with E-state index in [1.165, 1.54) is 29.2 Å². The zero-order valence-electron chi connectivity index (χ0n) is 17.2. The molecule has 1 fully saturated rings. The Bertz CT molecular complexity index is 893. The summed E-state index contributed by atoms with van der Waals surface area (Å²) in [5, 5.41) is 9.19. The lowest BCUT2D eigenvalue weighted by molar-refractivity contribution is -0.136. The van der Waals surface area contributed by atoms with Crippen molar-refractivity contribution in [3.8, 4) is 0 Å². The Morgan fingerprint density at radius 2 is 1.93 bits per heavy atom. The zero-order chi connectivity index (χ0) is 22.5. The van der Waals surface area contributed by atoms with E-state index >= 15 is 0 Å². The molecular weight excluding hydrogens is 432 g/mol. The van der Waals surface area contributed by atoms with Crippen LogP contribution in [-0.2, 0) is 19.6 Å². The highest BCUT2D eigenvalue weighted by Gasteiger charge is 2.38. The molecule has 8 nitrogen and oxygen atoms in total. The maximum absolute atomic E-state index is 12.7. The molecule has 1 saturated heterocycles. The third kappa shape index (κ3) is 7.30. The summed E-state index contributed by atoms with van der Waals surface area (Å²) in [4.78, 5) is 24.8. The van der Waals surface area contributed by atoms with E-state index in [0.29, 0.717) is 17.9 Å². The van der Waals surface area contributed by atoms with Gasteiger partial charge in [-0.2, -0.15) is 0 Å². The molecule has 1 aliphatic heterocycles. The molecule has 0 aromatic heterocycles. The van der Waals surface area contributed by atoms with Gasteiger partial charge in [-0.05, 0) is 57.9 Å². The number of likely N-dealkylation sites (tertiary alicyclic amines) is 1. The van der Waals surface area contributed by atoms with Crippen LogP contribution in [0.1, 0.15) is 40.0 Å². The Morgan fingerprint density at radius 3 is 2.50 bits per heavy atom. The van der Waals surface area contributed by atoms with Crippen LogP contribution in [0.2, 0.25) is 5.02 Å². The number of halogens is 1. The van der Waals surface area contributed by atoms with Crippen LogP contribution in [-0.4, -0.2) is 54.7 Å². The lowest BCUT2D eigenvalue weighted by Crippen LogP contribution is -2.41. The van der Waals surface area contributed by atoms with Crippen LogP contribution in [0.25, 0.3) is 0 Å². The second-order valence-corrected chi connectivity index (χ2v) is 10.2. The first-order chi connectivity index (χ1) is 13.9. The SMILES string of the molecule is CC(C)(C)OC(=O)N1C[C@H](NS(=O)(=O)c2ccc(Cl)cc2)C[C@H]1/C=C\CCC(=O)O. The standard InChI is InChI=1S/C20H27ClN2O6S/c1-20(2,3)29-19(26)23-13-15(12-16(23)6-4-5-7-18(24)25)22-30(27,28)17-10-8-14(21)9-11-17/h4,6,8-11,15-16,22H,5,7,12-13H2,1-3H3,(H,24,25)/b6-4-/t15-,16-/m1/s1. The molecule has 1 amide bonds. The molecule has 30 heavy (non-hydrogen) atoms. The van der Waals surface area contributed by atoms with Gasteiger partial charge in [0.1, 0.15) is 5.60 Å². The van der Waals surface area contributed by atoms with Gasteiger partial charge in [0.15, 0.2) is 0 Å². The van der Waals surface area contributed by atoms with Crippen LogP contribution < -0.4 is 4.72 Å². The maximum atomic E-state index is 12.7. The first-order valence-corrected chi connectivity index (χ1v) is 11.4. The molecule has 10 heteroatoms. The minimum absolute atomic E-state index is 0.0255. The quantitative estimate of drug-likeness (QED) is 0.605. The first-order valence-electron chi connectivity index (χ1n) is 9.53. The van der Waals surface area contributed by atoms with Gasteiger partial charge in [-0.1, -0.05) is 23.8 Å². The molecule has 0 bridgehead atoms. The highest BCUT2D eigenvalue weighted by Crippen LogP contribution is 2.24. The van der Waals surface area contributed by atoms with Gasteiger partial charge in [0.2, 0.25) is 10.0 Å². The molecule has 2 atom stereocenters. The third-order valence-corrected chi connectivity index (χ3v) is 6.09. The second kappa shape index (κ2) is 9.80. The lowest BCUT2D eigenvalue weighted by atomic mass is 10.1. The number of hydrogen-bond donors (Lipinski definition) is 2. The van der Waals surface area contributed by atoms with E-state index < -0.39 is 39.8 Å². The molecule has 1 heterocycles. The van der Waals surface area contributed by atoms with Crippen LogP contribution in [0.5, 0.6) is 0 Å². The summed E-state index contributed by atoms with van der Waals surface area (Å²) in [6.45, 7) is 5.38. The molecule has 166 valence electrons. The summed E-state index contributed by atoms with van der Waals surface area (Å²) in [6, 6.07) is 4.87. The largest absolute Gasteiger partial charge is 0.481 e. The van der Waals surface area contributed by atoms with Crippen LogP contribution >= 0.6 is 11.6 Å². The molecule has 0 spiro atoms. The summed E-state index contributed by atoms with van der Waals surface area (Å²) in [5.74, 6) is -0.913. The van der Waals surface area contributed by atoms with Crippen molar-refractivity contribution in [2.24, 2.45) is 0 Å². The predicted octanol–water partition coefficient (Wildman–Crippen LogP) is 3.42. The number of aliphatic carboxylic acids is 1. The van der Waals surface area contributed by atoms with E-state index in [-0.39, 0.29) is 17.9 Å². The van der Waals surface area contributed by atoms with Crippen LogP contribution in [0.4, 0.5) is 4.79 Å². The van der Waals surface area contributed by atoms with E-state index in [1.54, 1.807) is 32.9 Å². The fourth-order valence-corrected chi connectivity index (χ4v) is 4.39. The number of rotatable bonds is 7. The van der Waals surface area contributed by atoms with Crippen LogP contribution in [0.15, 0.2) is 41.3 Å². The average molecular weight is 459 g/mol. The number of carbonyl (C=O) groups is 2. The fraction of sp³-hybridized carbons (Fsp3) is 0.500. The number of nitrogens with zero attached hydrogens (tertiary/aromatic N) is 1. The predicted molar refractivity (Wildman–Crippen MR) is 113 cm³/mol. The van der Waals surface area contributed by atoms with Gasteiger partial charge in [0.25, 0.3) is 0 Å². The van der Waals surface area contributed by atoms with E-state index in [4.69, 9.17) is 21.4 Å². The number of nitrogens with one attached hydrogen (secondary N) is 1. The summed E-state index contributed by atoms with van der Waals surface area (Å²) < 4.78 is 33.4. The highest BCUT2D eigenvalue weighted by atomic mass is 35.5. The van der Waals surface area contributed by atoms with Gasteiger partial charge in [-0.15, -0.1) is 0 Å². The lowest BCUT2D eigenvalue weighted by Gasteiger charge is -2.27. The summed E-state index contributed by atoms with van der Waals surface area (Å²) in [6.07, 6.45) is 3.49. The monoisotopic (exact) mass is 458 g/mol. The third-order valence-electron chi connectivity index (χ3n) is 4.30. The topological polar surface area (TPSA) is 113 Å². The van der Waals surface area contributed by atoms with Crippen molar-refractivity contribution in [1.82, 2.24) is 9.62 Å². The molecule has 1 aromatic carbocycles. The van der Waals surface area contributed by atoms with Crippen LogP contribution in [0, 0.1) is 0 Å². The highest BCUT2D eigenvalue weighted by molar-refractivity contribution is 7.89. The molecule has 0 unspecified atom stereocenters. The molecular formula is C20H27ClN2O6S. The Kier molecular flexibility index (Phi) is 7.90.